The fourth-order valence-electron chi connectivity index (χ4n) is 1.62. The van der Waals surface area contributed by atoms with Gasteiger partial charge in [-0.05, 0) is 57.4 Å². The topological polar surface area (TPSA) is 55.8 Å². The van der Waals surface area contributed by atoms with Crippen molar-refractivity contribution < 1.29 is 19.4 Å². The standard InChI is InChI=1S/C14H13BrO4S/c1-2-18-12-6-10(14(16)17)5-11(15)13(12)19-7-9-3-4-20-8-9/h3-6,8H,2,7H2,1H3,(H,16,17). The average Bonchev–Trinajstić information content (AvgIpc) is 2.91. The van der Waals surface area contributed by atoms with E-state index in [-0.39, 0.29) is 5.56 Å². The first-order valence-electron chi connectivity index (χ1n) is 5.95. The number of halogens is 1. The quantitative estimate of drug-likeness (QED) is 0.843. The molecule has 1 N–H and O–H groups in total. The molecular weight excluding hydrogens is 344 g/mol. The fraction of sp³-hybridized carbons (Fsp3) is 0.214. The van der Waals surface area contributed by atoms with Crippen LogP contribution in [0.5, 0.6) is 11.5 Å². The van der Waals surface area contributed by atoms with E-state index in [4.69, 9.17) is 14.6 Å². The van der Waals surface area contributed by atoms with Crippen LogP contribution in [0.15, 0.2) is 33.4 Å². The normalized spacial score (nSPS) is 10.3. The maximum atomic E-state index is 11.0. The summed E-state index contributed by atoms with van der Waals surface area (Å²) in [6, 6.07) is 4.96. The lowest BCUT2D eigenvalue weighted by Crippen LogP contribution is -2.03. The van der Waals surface area contributed by atoms with Crippen LogP contribution in [0.3, 0.4) is 0 Å². The predicted octanol–water partition coefficient (Wildman–Crippen LogP) is 4.19. The molecular formula is C14H13BrO4S. The number of carboxylic acids is 1. The summed E-state index contributed by atoms with van der Waals surface area (Å²) < 4.78 is 11.8. The van der Waals surface area contributed by atoms with Crippen LogP contribution in [0.4, 0.5) is 0 Å². The number of carboxylic acid groups (broad SMARTS) is 1. The van der Waals surface area contributed by atoms with Crippen LogP contribution >= 0.6 is 27.3 Å². The molecule has 0 aliphatic heterocycles. The van der Waals surface area contributed by atoms with Crippen LogP contribution in [0.25, 0.3) is 0 Å². The summed E-state index contributed by atoms with van der Waals surface area (Å²) in [7, 11) is 0. The van der Waals surface area contributed by atoms with Gasteiger partial charge in [-0.2, -0.15) is 11.3 Å². The average molecular weight is 357 g/mol. The molecule has 0 bridgehead atoms. The Labute approximate surface area is 129 Å². The van der Waals surface area contributed by atoms with Crippen LogP contribution in [-0.2, 0) is 6.61 Å². The Morgan fingerprint density at radius 1 is 1.40 bits per heavy atom. The van der Waals surface area contributed by atoms with Gasteiger partial charge in [0.1, 0.15) is 6.61 Å². The second-order valence-corrected chi connectivity index (χ2v) is 5.58. The number of aromatic carboxylic acids is 1. The summed E-state index contributed by atoms with van der Waals surface area (Å²) in [5.41, 5.74) is 1.22. The first-order valence-corrected chi connectivity index (χ1v) is 7.69. The summed E-state index contributed by atoms with van der Waals surface area (Å²) in [6.45, 7) is 2.68. The summed E-state index contributed by atoms with van der Waals surface area (Å²) >= 11 is 4.93. The van der Waals surface area contributed by atoms with E-state index in [1.54, 1.807) is 11.3 Å². The van der Waals surface area contributed by atoms with Crippen LogP contribution in [-0.4, -0.2) is 17.7 Å². The van der Waals surface area contributed by atoms with Gasteiger partial charge in [0.05, 0.1) is 16.6 Å². The molecule has 0 unspecified atom stereocenters. The zero-order valence-corrected chi connectivity index (χ0v) is 13.2. The number of benzene rings is 1. The minimum atomic E-state index is -1.00. The number of hydrogen-bond acceptors (Lipinski definition) is 4. The maximum absolute atomic E-state index is 11.0. The van der Waals surface area contributed by atoms with Gasteiger partial charge in [-0.3, -0.25) is 0 Å². The van der Waals surface area contributed by atoms with Gasteiger partial charge in [0.15, 0.2) is 11.5 Å². The smallest absolute Gasteiger partial charge is 0.335 e. The van der Waals surface area contributed by atoms with Gasteiger partial charge in [-0.25, -0.2) is 4.79 Å². The highest BCUT2D eigenvalue weighted by atomic mass is 79.9. The van der Waals surface area contributed by atoms with Crippen molar-refractivity contribution in [2.45, 2.75) is 13.5 Å². The third-order valence-electron chi connectivity index (χ3n) is 2.52. The Morgan fingerprint density at radius 2 is 2.20 bits per heavy atom. The SMILES string of the molecule is CCOc1cc(C(=O)O)cc(Br)c1OCc1ccsc1. The Balaban J connectivity index is 2.27. The molecule has 0 saturated carbocycles. The Morgan fingerprint density at radius 3 is 2.80 bits per heavy atom. The second kappa shape index (κ2) is 6.76. The van der Waals surface area contributed by atoms with Gasteiger partial charge in [0, 0.05) is 0 Å². The fourth-order valence-corrected chi connectivity index (χ4v) is 2.83. The van der Waals surface area contributed by atoms with E-state index in [0.717, 1.165) is 5.56 Å². The van der Waals surface area contributed by atoms with E-state index >= 15 is 0 Å². The van der Waals surface area contributed by atoms with E-state index < -0.39 is 5.97 Å². The zero-order chi connectivity index (χ0) is 14.5. The first-order chi connectivity index (χ1) is 9.61. The minimum Gasteiger partial charge on any atom is -0.490 e. The van der Waals surface area contributed by atoms with Crippen molar-refractivity contribution in [3.8, 4) is 11.5 Å². The molecule has 2 rings (SSSR count). The third-order valence-corrected chi connectivity index (χ3v) is 3.84. The number of ether oxygens (including phenoxy) is 2. The van der Waals surface area contributed by atoms with Crippen LogP contribution < -0.4 is 9.47 Å². The number of rotatable bonds is 6. The highest BCUT2D eigenvalue weighted by Crippen LogP contribution is 2.37. The highest BCUT2D eigenvalue weighted by molar-refractivity contribution is 9.10. The summed E-state index contributed by atoms with van der Waals surface area (Å²) in [6.07, 6.45) is 0. The lowest BCUT2D eigenvalue weighted by Gasteiger charge is -2.14. The van der Waals surface area contributed by atoms with Crippen molar-refractivity contribution >= 4 is 33.2 Å². The number of carbonyl (C=O) groups is 1. The molecule has 0 spiro atoms. The molecule has 0 atom stereocenters. The van der Waals surface area contributed by atoms with E-state index in [1.165, 1.54) is 12.1 Å². The van der Waals surface area contributed by atoms with Gasteiger partial charge in [0.25, 0.3) is 0 Å². The second-order valence-electron chi connectivity index (χ2n) is 3.94. The van der Waals surface area contributed by atoms with Gasteiger partial charge in [-0.1, -0.05) is 0 Å². The lowest BCUT2D eigenvalue weighted by molar-refractivity contribution is 0.0696. The van der Waals surface area contributed by atoms with Crippen LogP contribution in [0, 0.1) is 0 Å². The Kier molecular flexibility index (Phi) is 5.03. The zero-order valence-electron chi connectivity index (χ0n) is 10.8. The van der Waals surface area contributed by atoms with Crippen molar-refractivity contribution in [2.75, 3.05) is 6.61 Å². The third kappa shape index (κ3) is 3.52. The van der Waals surface area contributed by atoms with Crippen molar-refractivity contribution in [2.24, 2.45) is 0 Å². The molecule has 1 aromatic carbocycles. The van der Waals surface area contributed by atoms with Gasteiger partial charge in [-0.15, -0.1) is 0 Å². The molecule has 0 radical (unpaired) electrons. The van der Waals surface area contributed by atoms with Crippen molar-refractivity contribution in [1.82, 2.24) is 0 Å². The molecule has 2 aromatic rings. The van der Waals surface area contributed by atoms with Crippen LogP contribution in [0.2, 0.25) is 0 Å². The van der Waals surface area contributed by atoms with E-state index in [0.29, 0.717) is 29.2 Å². The maximum Gasteiger partial charge on any atom is 0.335 e. The molecule has 0 saturated heterocycles. The number of hydrogen-bond donors (Lipinski definition) is 1. The van der Waals surface area contributed by atoms with Crippen molar-refractivity contribution in [3.63, 3.8) is 0 Å². The van der Waals surface area contributed by atoms with Gasteiger partial charge < -0.3 is 14.6 Å². The Hall–Kier alpha value is -1.53. The summed E-state index contributed by atoms with van der Waals surface area (Å²) in [5, 5.41) is 13.0. The molecule has 0 amide bonds. The molecule has 0 fully saturated rings. The predicted molar refractivity (Wildman–Crippen MR) is 80.9 cm³/mol. The van der Waals surface area contributed by atoms with Crippen molar-refractivity contribution in [3.05, 3.63) is 44.6 Å². The molecule has 0 aliphatic rings. The Bertz CT molecular complexity index is 595. The molecule has 1 aromatic heterocycles. The molecule has 4 nitrogen and oxygen atoms in total. The van der Waals surface area contributed by atoms with E-state index in [1.807, 2.05) is 23.8 Å². The van der Waals surface area contributed by atoms with E-state index in [9.17, 15) is 4.79 Å². The van der Waals surface area contributed by atoms with Crippen molar-refractivity contribution in [1.29, 1.82) is 0 Å². The molecule has 0 aliphatic carbocycles. The minimum absolute atomic E-state index is 0.156. The summed E-state index contributed by atoms with van der Waals surface area (Å²) in [5.74, 6) is -0.0615. The molecule has 1 heterocycles. The summed E-state index contributed by atoms with van der Waals surface area (Å²) in [4.78, 5) is 11.0. The molecule has 6 heteroatoms. The highest BCUT2D eigenvalue weighted by Gasteiger charge is 2.15. The van der Waals surface area contributed by atoms with Gasteiger partial charge >= 0.3 is 5.97 Å². The molecule has 20 heavy (non-hydrogen) atoms. The van der Waals surface area contributed by atoms with Gasteiger partial charge in [0.2, 0.25) is 0 Å². The lowest BCUT2D eigenvalue weighted by atomic mass is 10.2. The monoisotopic (exact) mass is 356 g/mol. The van der Waals surface area contributed by atoms with Crippen LogP contribution in [0.1, 0.15) is 22.8 Å². The largest absolute Gasteiger partial charge is 0.490 e. The first kappa shape index (κ1) is 14.9. The number of thiophene rings is 1. The van der Waals surface area contributed by atoms with E-state index in [2.05, 4.69) is 15.9 Å². The molecule has 106 valence electrons.